The van der Waals surface area contributed by atoms with E-state index in [-0.39, 0.29) is 12.9 Å². The normalized spacial score (nSPS) is 21.4. The zero-order valence-corrected chi connectivity index (χ0v) is 18.1. The van der Waals surface area contributed by atoms with Gasteiger partial charge < -0.3 is 19.3 Å². The molecule has 32 heavy (non-hydrogen) atoms. The summed E-state index contributed by atoms with van der Waals surface area (Å²) in [6, 6.07) is 3.60. The maximum atomic E-state index is 12.4. The number of allylic oxidation sites excluding steroid dienone is 2. The van der Waals surface area contributed by atoms with E-state index in [0.717, 1.165) is 37.0 Å². The quantitative estimate of drug-likeness (QED) is 0.583. The summed E-state index contributed by atoms with van der Waals surface area (Å²) in [4.78, 5) is 22.7. The van der Waals surface area contributed by atoms with Gasteiger partial charge in [0.25, 0.3) is 10.0 Å². The van der Waals surface area contributed by atoms with Gasteiger partial charge in [0.05, 0.1) is 5.56 Å². The molecule has 1 aromatic carbocycles. The van der Waals surface area contributed by atoms with Crippen LogP contribution in [-0.2, 0) is 24.2 Å². The SMILES string of the molecule is CC1=CC(N=NC(=O)NS(=O)(=O)c2ccccc2C(=O)O)OC(COC2CCCCO2)=C1. The number of carboxylic acids is 1. The average Bonchev–Trinajstić information content (AvgIpc) is 2.76. The summed E-state index contributed by atoms with van der Waals surface area (Å²) in [6.45, 7) is 2.60. The predicted molar refractivity (Wildman–Crippen MR) is 110 cm³/mol. The zero-order chi connectivity index (χ0) is 23.1. The van der Waals surface area contributed by atoms with Crippen molar-refractivity contribution in [2.24, 2.45) is 10.2 Å². The molecule has 1 aromatic rings. The van der Waals surface area contributed by atoms with Crippen molar-refractivity contribution in [2.45, 2.75) is 43.6 Å². The molecule has 0 radical (unpaired) electrons. The molecule has 2 aliphatic rings. The second kappa shape index (κ2) is 10.5. The van der Waals surface area contributed by atoms with Crippen molar-refractivity contribution in [3.63, 3.8) is 0 Å². The van der Waals surface area contributed by atoms with Crippen LogP contribution in [-0.4, -0.2) is 51.3 Å². The topological polar surface area (TPSA) is 153 Å². The van der Waals surface area contributed by atoms with E-state index in [1.807, 2.05) is 0 Å². The standard InChI is InChI=1S/C20H23N3O8S/c1-13-10-14(12-30-18-8-4-5-9-29-18)31-17(11-13)21-22-20(26)23-32(27,28)16-7-3-2-6-15(16)19(24)25/h2-3,6-7,10-11,17-18H,4-5,8-9,12H2,1H3,(H,23,26)(H,24,25). The number of carbonyl (C=O) groups is 2. The van der Waals surface area contributed by atoms with Crippen molar-refractivity contribution >= 4 is 22.0 Å². The minimum absolute atomic E-state index is 0.147. The zero-order valence-electron chi connectivity index (χ0n) is 17.3. The highest BCUT2D eigenvalue weighted by atomic mass is 32.2. The number of hydrogen-bond acceptors (Lipinski definition) is 8. The summed E-state index contributed by atoms with van der Waals surface area (Å²) in [5, 5.41) is 16.2. The molecule has 2 heterocycles. The van der Waals surface area contributed by atoms with E-state index in [4.69, 9.17) is 19.3 Å². The molecule has 2 N–H and O–H groups in total. The molecule has 2 aliphatic heterocycles. The molecule has 2 atom stereocenters. The van der Waals surface area contributed by atoms with E-state index in [1.165, 1.54) is 12.1 Å². The molecule has 0 aliphatic carbocycles. The number of urea groups is 1. The number of ether oxygens (including phenoxy) is 3. The smallest absolute Gasteiger partial charge is 0.373 e. The van der Waals surface area contributed by atoms with Crippen molar-refractivity contribution in [3.05, 3.63) is 53.3 Å². The minimum atomic E-state index is -4.47. The van der Waals surface area contributed by atoms with Crippen LogP contribution >= 0.6 is 0 Å². The number of rotatable bonds is 7. The number of aromatic carboxylic acids is 1. The first-order chi connectivity index (χ1) is 15.2. The molecule has 2 amide bonds. The third-order valence-corrected chi connectivity index (χ3v) is 5.89. The van der Waals surface area contributed by atoms with Gasteiger partial charge in [-0.15, -0.1) is 5.11 Å². The Morgan fingerprint density at radius 2 is 2.06 bits per heavy atom. The van der Waals surface area contributed by atoms with E-state index in [2.05, 4.69) is 10.2 Å². The molecular formula is C20H23N3O8S. The summed E-state index contributed by atoms with van der Waals surface area (Å²) >= 11 is 0. The lowest BCUT2D eigenvalue weighted by atomic mass is 10.2. The maximum Gasteiger partial charge on any atom is 0.373 e. The van der Waals surface area contributed by atoms with Crippen LogP contribution in [0.5, 0.6) is 0 Å². The van der Waals surface area contributed by atoms with Crippen molar-refractivity contribution in [2.75, 3.05) is 13.2 Å². The van der Waals surface area contributed by atoms with Gasteiger partial charge >= 0.3 is 12.0 Å². The molecule has 0 saturated carbocycles. The molecule has 2 unspecified atom stereocenters. The van der Waals surface area contributed by atoms with Gasteiger partial charge in [0, 0.05) is 6.61 Å². The molecule has 12 heteroatoms. The highest BCUT2D eigenvalue weighted by Crippen LogP contribution is 2.20. The number of amides is 2. The van der Waals surface area contributed by atoms with Crippen molar-refractivity contribution in [3.8, 4) is 0 Å². The van der Waals surface area contributed by atoms with E-state index >= 15 is 0 Å². The van der Waals surface area contributed by atoms with E-state index in [9.17, 15) is 18.0 Å². The predicted octanol–water partition coefficient (Wildman–Crippen LogP) is 2.97. The summed E-state index contributed by atoms with van der Waals surface area (Å²) < 4.78 is 43.2. The first-order valence-electron chi connectivity index (χ1n) is 9.83. The molecule has 0 bridgehead atoms. The molecule has 0 spiro atoms. The van der Waals surface area contributed by atoms with Gasteiger partial charge in [-0.05, 0) is 56.0 Å². The molecule has 11 nitrogen and oxygen atoms in total. The van der Waals surface area contributed by atoms with E-state index in [1.54, 1.807) is 23.8 Å². The molecule has 1 fully saturated rings. The average molecular weight is 465 g/mol. The van der Waals surface area contributed by atoms with Crippen LogP contribution < -0.4 is 4.72 Å². The highest BCUT2D eigenvalue weighted by Gasteiger charge is 2.24. The van der Waals surface area contributed by atoms with Crippen LogP contribution in [0.25, 0.3) is 0 Å². The van der Waals surface area contributed by atoms with Crippen LogP contribution in [0.3, 0.4) is 0 Å². The Hall–Kier alpha value is -3.09. The first kappa shape index (κ1) is 23.6. The Bertz CT molecular complexity index is 1060. The lowest BCUT2D eigenvalue weighted by molar-refractivity contribution is -0.162. The molecule has 0 aromatic heterocycles. The largest absolute Gasteiger partial charge is 0.478 e. The lowest BCUT2D eigenvalue weighted by Gasteiger charge is -2.25. The van der Waals surface area contributed by atoms with Crippen LogP contribution in [0, 0.1) is 0 Å². The van der Waals surface area contributed by atoms with Crippen LogP contribution in [0.1, 0.15) is 36.5 Å². The Morgan fingerprint density at radius 3 is 2.78 bits per heavy atom. The number of carboxylic acid groups (broad SMARTS) is 1. The minimum Gasteiger partial charge on any atom is -0.478 e. The number of carbonyl (C=O) groups excluding carboxylic acids is 1. The summed E-state index contributed by atoms with van der Waals surface area (Å²) in [5.74, 6) is -0.983. The molecule has 3 rings (SSSR count). The lowest BCUT2D eigenvalue weighted by Crippen LogP contribution is -2.29. The van der Waals surface area contributed by atoms with Crippen LogP contribution in [0.2, 0.25) is 0 Å². The Labute approximate surface area is 184 Å². The fraction of sp³-hybridized carbons (Fsp3) is 0.400. The number of nitrogens with zero attached hydrogens (tertiary/aromatic N) is 2. The van der Waals surface area contributed by atoms with Gasteiger partial charge in [-0.3, -0.25) is 0 Å². The number of nitrogens with one attached hydrogen (secondary N) is 1. The van der Waals surface area contributed by atoms with Gasteiger partial charge in [-0.25, -0.2) is 22.7 Å². The van der Waals surface area contributed by atoms with Crippen molar-refractivity contribution < 1.29 is 37.3 Å². The summed E-state index contributed by atoms with van der Waals surface area (Å²) in [7, 11) is -4.47. The number of hydrogen-bond donors (Lipinski definition) is 2. The van der Waals surface area contributed by atoms with E-state index < -0.39 is 38.7 Å². The maximum absolute atomic E-state index is 12.4. The van der Waals surface area contributed by atoms with Gasteiger partial charge in [-0.1, -0.05) is 17.2 Å². The van der Waals surface area contributed by atoms with Gasteiger partial charge in [0.2, 0.25) is 6.23 Å². The highest BCUT2D eigenvalue weighted by molar-refractivity contribution is 7.90. The monoisotopic (exact) mass is 465 g/mol. The van der Waals surface area contributed by atoms with E-state index in [0.29, 0.717) is 12.4 Å². The van der Waals surface area contributed by atoms with Gasteiger partial charge in [0.1, 0.15) is 17.3 Å². The Balaban J connectivity index is 1.59. The number of sulfonamides is 1. The summed E-state index contributed by atoms with van der Waals surface area (Å²) in [6.07, 6.45) is 4.91. The van der Waals surface area contributed by atoms with Crippen molar-refractivity contribution in [1.82, 2.24) is 4.72 Å². The Morgan fingerprint density at radius 1 is 1.28 bits per heavy atom. The van der Waals surface area contributed by atoms with Crippen LogP contribution in [0.4, 0.5) is 4.79 Å². The third-order valence-electron chi connectivity index (χ3n) is 4.51. The van der Waals surface area contributed by atoms with Crippen molar-refractivity contribution in [1.29, 1.82) is 0 Å². The third kappa shape index (κ3) is 6.45. The fourth-order valence-electron chi connectivity index (χ4n) is 3.08. The second-order valence-electron chi connectivity index (χ2n) is 7.06. The first-order valence-corrected chi connectivity index (χ1v) is 11.3. The number of azo groups is 1. The summed E-state index contributed by atoms with van der Waals surface area (Å²) in [5.41, 5.74) is 0.322. The number of benzene rings is 1. The molecular weight excluding hydrogens is 442 g/mol. The second-order valence-corrected chi connectivity index (χ2v) is 8.72. The van der Waals surface area contributed by atoms with Gasteiger partial charge in [0.15, 0.2) is 6.29 Å². The van der Waals surface area contributed by atoms with Crippen LogP contribution in [0.15, 0.2) is 62.9 Å². The molecule has 1 saturated heterocycles. The molecule has 172 valence electrons. The van der Waals surface area contributed by atoms with Gasteiger partial charge in [-0.2, -0.15) is 0 Å². The fourth-order valence-corrected chi connectivity index (χ4v) is 4.16. The Kier molecular flexibility index (Phi) is 7.72.